The fourth-order valence-corrected chi connectivity index (χ4v) is 3.48. The van der Waals surface area contributed by atoms with Gasteiger partial charge in [-0.1, -0.05) is 26.2 Å². The van der Waals surface area contributed by atoms with E-state index in [4.69, 9.17) is 61.6 Å². The van der Waals surface area contributed by atoms with Gasteiger partial charge in [0.05, 0.1) is 166 Å². The minimum Gasteiger partial charge on any atom is -0.467 e. The molecule has 15 heteroatoms. The van der Waals surface area contributed by atoms with Crippen molar-refractivity contribution >= 4 is 5.97 Å². The highest BCUT2D eigenvalue weighted by Gasteiger charge is 1.99. The number of esters is 1. The van der Waals surface area contributed by atoms with Crippen molar-refractivity contribution in [1.29, 1.82) is 0 Å². The van der Waals surface area contributed by atoms with Crippen molar-refractivity contribution in [3.8, 4) is 0 Å². The molecular formula is C33H66O15. The molecule has 0 N–H and O–H groups in total. The molecule has 0 aromatic carbocycles. The molecule has 0 radical (unpaired) electrons. The van der Waals surface area contributed by atoms with Crippen LogP contribution in [0.4, 0.5) is 0 Å². The summed E-state index contributed by atoms with van der Waals surface area (Å²) in [6.07, 6.45) is 4.88. The van der Waals surface area contributed by atoms with E-state index in [9.17, 15) is 4.79 Å². The standard InChI is InChI=1S/C33H66O15/c1-3-4-5-6-7-36-8-9-37-10-11-38-12-13-39-14-15-40-16-17-41-18-19-42-20-21-43-22-23-44-24-25-45-26-27-46-28-29-47-30-31-48-32-33(34)35-2/h3-32H2,1-2H3. The maximum atomic E-state index is 10.9. The van der Waals surface area contributed by atoms with E-state index in [1.165, 1.54) is 26.4 Å². The highest BCUT2D eigenvalue weighted by Crippen LogP contribution is 1.98. The van der Waals surface area contributed by atoms with Crippen LogP contribution in [-0.4, -0.2) is 185 Å². The molecule has 0 saturated carbocycles. The van der Waals surface area contributed by atoms with E-state index in [-0.39, 0.29) is 6.61 Å². The molecule has 0 atom stereocenters. The SMILES string of the molecule is CCCCCCOCCOCCOCCOCCOCCOCCOCCOCCOCCOCCOCCOCCOCC(=O)OC. The van der Waals surface area contributed by atoms with Gasteiger partial charge in [-0.3, -0.25) is 0 Å². The van der Waals surface area contributed by atoms with Crippen LogP contribution >= 0.6 is 0 Å². The fraction of sp³-hybridized carbons (Fsp3) is 0.970. The molecule has 0 heterocycles. The van der Waals surface area contributed by atoms with Crippen LogP contribution in [0.25, 0.3) is 0 Å². The Labute approximate surface area is 288 Å². The van der Waals surface area contributed by atoms with E-state index in [2.05, 4.69) is 11.7 Å². The first-order valence-electron chi connectivity index (χ1n) is 17.4. The van der Waals surface area contributed by atoms with Gasteiger partial charge in [-0.15, -0.1) is 0 Å². The van der Waals surface area contributed by atoms with Crippen molar-refractivity contribution in [2.45, 2.75) is 32.6 Å². The Morgan fingerprint density at radius 2 is 0.542 bits per heavy atom. The van der Waals surface area contributed by atoms with Crippen LogP contribution in [-0.2, 0) is 71.1 Å². The molecule has 0 spiro atoms. The van der Waals surface area contributed by atoms with Crippen molar-refractivity contribution in [1.82, 2.24) is 0 Å². The van der Waals surface area contributed by atoms with E-state index in [1.54, 1.807) is 0 Å². The summed E-state index contributed by atoms with van der Waals surface area (Å²) in [6, 6.07) is 0. The molecule has 0 aliphatic heterocycles. The Morgan fingerprint density at radius 3 is 0.771 bits per heavy atom. The smallest absolute Gasteiger partial charge is 0.331 e. The largest absolute Gasteiger partial charge is 0.467 e. The van der Waals surface area contributed by atoms with Gasteiger partial charge in [0.15, 0.2) is 0 Å². The Balaban J connectivity index is 3.05. The maximum absolute atomic E-state index is 10.9. The van der Waals surface area contributed by atoms with Crippen LogP contribution in [0.3, 0.4) is 0 Å². The van der Waals surface area contributed by atoms with Gasteiger partial charge in [0.2, 0.25) is 0 Å². The summed E-state index contributed by atoms with van der Waals surface area (Å²) in [6.45, 7) is 15.0. The Hall–Kier alpha value is -1.05. The van der Waals surface area contributed by atoms with E-state index in [1.807, 2.05) is 0 Å². The second-order valence-corrected chi connectivity index (χ2v) is 10.0. The van der Waals surface area contributed by atoms with Gasteiger partial charge >= 0.3 is 5.97 Å². The number of carbonyl (C=O) groups is 1. The molecule has 0 unspecified atom stereocenters. The first-order valence-corrected chi connectivity index (χ1v) is 17.4. The Morgan fingerprint density at radius 1 is 0.312 bits per heavy atom. The average Bonchev–Trinajstić information content (AvgIpc) is 3.10. The summed E-state index contributed by atoms with van der Waals surface area (Å²) >= 11 is 0. The molecule has 15 nitrogen and oxygen atoms in total. The second kappa shape index (κ2) is 44.0. The van der Waals surface area contributed by atoms with Gasteiger partial charge in [-0.2, -0.15) is 0 Å². The number of rotatable bonds is 43. The third-order valence-corrected chi connectivity index (χ3v) is 6.05. The van der Waals surface area contributed by atoms with Crippen molar-refractivity contribution in [2.24, 2.45) is 0 Å². The maximum Gasteiger partial charge on any atom is 0.331 e. The van der Waals surface area contributed by atoms with Gasteiger partial charge in [-0.05, 0) is 6.42 Å². The van der Waals surface area contributed by atoms with Gasteiger partial charge in [0.25, 0.3) is 0 Å². The minimum absolute atomic E-state index is 0.0705. The third-order valence-electron chi connectivity index (χ3n) is 6.05. The van der Waals surface area contributed by atoms with E-state index in [0.717, 1.165) is 13.0 Å². The summed E-state index contributed by atoms with van der Waals surface area (Å²) in [7, 11) is 1.32. The molecule has 0 aromatic rings. The van der Waals surface area contributed by atoms with Gasteiger partial charge in [0.1, 0.15) is 6.61 Å². The highest BCUT2D eigenvalue weighted by atomic mass is 16.6. The molecular weight excluding hydrogens is 636 g/mol. The molecule has 0 aliphatic carbocycles. The van der Waals surface area contributed by atoms with Crippen LogP contribution in [0, 0.1) is 0 Å². The molecule has 0 rings (SSSR count). The van der Waals surface area contributed by atoms with Crippen molar-refractivity contribution in [2.75, 3.05) is 179 Å². The molecule has 0 aromatic heterocycles. The predicted octanol–water partition coefficient (Wildman–Crippen LogP) is 1.96. The van der Waals surface area contributed by atoms with Crippen molar-refractivity contribution < 1.29 is 71.1 Å². The topological polar surface area (TPSA) is 146 Å². The summed E-state index contributed by atoms with van der Waals surface area (Å²) in [4.78, 5) is 10.9. The number of methoxy groups -OCH3 is 1. The van der Waals surface area contributed by atoms with Crippen LogP contribution in [0.2, 0.25) is 0 Å². The summed E-state index contributed by atoms with van der Waals surface area (Å²) in [5.41, 5.74) is 0. The summed E-state index contributed by atoms with van der Waals surface area (Å²) in [5, 5.41) is 0. The van der Waals surface area contributed by atoms with Gasteiger partial charge in [-0.25, -0.2) is 4.79 Å². The highest BCUT2D eigenvalue weighted by molar-refractivity contribution is 5.70. The molecule has 288 valence electrons. The quantitative estimate of drug-likeness (QED) is 0.0674. The molecule has 0 aliphatic rings. The zero-order chi connectivity index (χ0) is 34.7. The van der Waals surface area contributed by atoms with E-state index in [0.29, 0.717) is 159 Å². The van der Waals surface area contributed by atoms with Gasteiger partial charge in [0, 0.05) is 6.61 Å². The number of ether oxygens (including phenoxy) is 14. The number of unbranched alkanes of at least 4 members (excludes halogenated alkanes) is 3. The number of hydrogen-bond acceptors (Lipinski definition) is 15. The number of hydrogen-bond donors (Lipinski definition) is 0. The fourth-order valence-electron chi connectivity index (χ4n) is 3.48. The summed E-state index contributed by atoms with van der Waals surface area (Å²) in [5.74, 6) is -0.408. The molecule has 0 bridgehead atoms. The molecule has 0 amide bonds. The first kappa shape index (κ1) is 47.0. The molecule has 0 saturated heterocycles. The van der Waals surface area contributed by atoms with Crippen LogP contribution in [0.5, 0.6) is 0 Å². The lowest BCUT2D eigenvalue weighted by Gasteiger charge is -2.09. The molecule has 0 fully saturated rings. The lowest BCUT2D eigenvalue weighted by Crippen LogP contribution is -2.16. The third kappa shape index (κ3) is 43.0. The van der Waals surface area contributed by atoms with Gasteiger partial charge < -0.3 is 66.3 Å². The second-order valence-electron chi connectivity index (χ2n) is 10.0. The first-order chi connectivity index (χ1) is 23.8. The van der Waals surface area contributed by atoms with E-state index >= 15 is 0 Å². The van der Waals surface area contributed by atoms with Crippen LogP contribution in [0.1, 0.15) is 32.6 Å². The Kier molecular flexibility index (Phi) is 43.0. The Bertz CT molecular complexity index is 603. The summed E-state index contributed by atoms with van der Waals surface area (Å²) < 4.78 is 75.0. The van der Waals surface area contributed by atoms with E-state index < -0.39 is 5.97 Å². The number of carbonyl (C=O) groups excluding carboxylic acids is 1. The zero-order valence-corrected chi connectivity index (χ0v) is 29.8. The predicted molar refractivity (Wildman–Crippen MR) is 177 cm³/mol. The van der Waals surface area contributed by atoms with Crippen LogP contribution in [0.15, 0.2) is 0 Å². The average molecular weight is 703 g/mol. The lowest BCUT2D eigenvalue weighted by atomic mass is 10.2. The lowest BCUT2D eigenvalue weighted by molar-refractivity contribution is -0.146. The van der Waals surface area contributed by atoms with Crippen molar-refractivity contribution in [3.05, 3.63) is 0 Å². The molecule has 48 heavy (non-hydrogen) atoms. The van der Waals surface area contributed by atoms with Crippen LogP contribution < -0.4 is 0 Å². The monoisotopic (exact) mass is 702 g/mol. The zero-order valence-electron chi connectivity index (χ0n) is 29.8. The normalized spacial score (nSPS) is 11.5. The minimum atomic E-state index is -0.408. The van der Waals surface area contributed by atoms with Crippen molar-refractivity contribution in [3.63, 3.8) is 0 Å².